The van der Waals surface area contributed by atoms with Crippen LogP contribution < -0.4 is 10.6 Å². The van der Waals surface area contributed by atoms with Gasteiger partial charge in [0.2, 0.25) is 5.91 Å². The maximum absolute atomic E-state index is 11.8. The Balaban J connectivity index is 2.25. The van der Waals surface area contributed by atoms with E-state index < -0.39 is 18.5 Å². The van der Waals surface area contributed by atoms with E-state index in [-0.39, 0.29) is 6.04 Å². The molecule has 1 amide bonds. The van der Waals surface area contributed by atoms with Crippen LogP contribution in [0.4, 0.5) is 13.2 Å². The Morgan fingerprint density at radius 1 is 1.50 bits per heavy atom. The largest absolute Gasteiger partial charge is 0.397 e. The van der Waals surface area contributed by atoms with E-state index in [2.05, 4.69) is 10.6 Å². The number of piperidine rings is 1. The van der Waals surface area contributed by atoms with Crippen molar-refractivity contribution in [2.75, 3.05) is 13.1 Å². The zero-order valence-electron chi connectivity index (χ0n) is 7.66. The van der Waals surface area contributed by atoms with E-state index in [4.69, 9.17) is 0 Å². The van der Waals surface area contributed by atoms with Crippen molar-refractivity contribution in [1.82, 2.24) is 10.6 Å². The summed E-state index contributed by atoms with van der Waals surface area (Å²) in [5.74, 6) is -0.939. The predicted molar refractivity (Wildman–Crippen MR) is 44.7 cm³/mol. The van der Waals surface area contributed by atoms with E-state index in [9.17, 15) is 18.0 Å². The van der Waals surface area contributed by atoms with Gasteiger partial charge in [-0.15, -0.1) is 0 Å². The lowest BCUT2D eigenvalue weighted by Crippen LogP contribution is -2.46. The second-order valence-electron chi connectivity index (χ2n) is 3.40. The van der Waals surface area contributed by atoms with Crippen molar-refractivity contribution in [3.8, 4) is 0 Å². The first kappa shape index (κ1) is 11.3. The van der Waals surface area contributed by atoms with Gasteiger partial charge in [-0.1, -0.05) is 0 Å². The molecule has 0 saturated carbocycles. The van der Waals surface area contributed by atoms with Crippen molar-refractivity contribution in [1.29, 1.82) is 0 Å². The minimum atomic E-state index is -4.41. The van der Waals surface area contributed by atoms with E-state index in [1.807, 2.05) is 0 Å². The van der Waals surface area contributed by atoms with Gasteiger partial charge < -0.3 is 10.6 Å². The molecule has 6 heteroatoms. The first-order valence-electron chi connectivity index (χ1n) is 4.54. The van der Waals surface area contributed by atoms with Gasteiger partial charge in [-0.2, -0.15) is 13.2 Å². The van der Waals surface area contributed by atoms with Gasteiger partial charge in [-0.3, -0.25) is 4.79 Å². The van der Waals surface area contributed by atoms with Crippen LogP contribution in [0.3, 0.4) is 0 Å². The van der Waals surface area contributed by atoms with E-state index >= 15 is 0 Å². The van der Waals surface area contributed by atoms with Crippen molar-refractivity contribution in [3.05, 3.63) is 0 Å². The zero-order chi connectivity index (χ0) is 10.6. The van der Waals surface area contributed by atoms with Crippen molar-refractivity contribution < 1.29 is 18.0 Å². The predicted octanol–water partition coefficient (Wildman–Crippen LogP) is 0.807. The van der Waals surface area contributed by atoms with Crippen molar-refractivity contribution in [2.24, 2.45) is 0 Å². The van der Waals surface area contributed by atoms with Crippen molar-refractivity contribution in [2.45, 2.75) is 31.5 Å². The SMILES string of the molecule is O=C(CC(F)(F)F)N[C@@H]1CCCNC1. The summed E-state index contributed by atoms with van der Waals surface area (Å²) in [6, 6.07) is -0.154. The lowest BCUT2D eigenvalue weighted by Gasteiger charge is -2.23. The van der Waals surface area contributed by atoms with Gasteiger partial charge in [-0.25, -0.2) is 0 Å². The number of carbonyl (C=O) groups is 1. The zero-order valence-corrected chi connectivity index (χ0v) is 7.66. The maximum atomic E-state index is 11.8. The normalized spacial score (nSPS) is 23.2. The molecular weight excluding hydrogens is 197 g/mol. The summed E-state index contributed by atoms with van der Waals surface area (Å²) >= 11 is 0. The highest BCUT2D eigenvalue weighted by Gasteiger charge is 2.32. The number of alkyl halides is 3. The Morgan fingerprint density at radius 3 is 2.71 bits per heavy atom. The average Bonchev–Trinajstić information content (AvgIpc) is 2.02. The van der Waals surface area contributed by atoms with Gasteiger partial charge in [0.1, 0.15) is 6.42 Å². The second-order valence-corrected chi connectivity index (χ2v) is 3.40. The number of amides is 1. The van der Waals surface area contributed by atoms with Gasteiger partial charge in [0.15, 0.2) is 0 Å². The summed E-state index contributed by atoms with van der Waals surface area (Å²) in [6.07, 6.45) is -4.16. The summed E-state index contributed by atoms with van der Waals surface area (Å²) in [5.41, 5.74) is 0. The highest BCUT2D eigenvalue weighted by Crippen LogP contribution is 2.19. The summed E-state index contributed by atoms with van der Waals surface area (Å²) in [7, 11) is 0. The van der Waals surface area contributed by atoms with Gasteiger partial charge in [-0.05, 0) is 19.4 Å². The molecule has 1 saturated heterocycles. The van der Waals surface area contributed by atoms with Gasteiger partial charge in [0, 0.05) is 12.6 Å². The summed E-state index contributed by atoms with van der Waals surface area (Å²) in [4.78, 5) is 10.9. The number of hydrogen-bond acceptors (Lipinski definition) is 2. The molecule has 0 bridgehead atoms. The molecule has 1 aliphatic rings. The Morgan fingerprint density at radius 2 is 2.21 bits per heavy atom. The van der Waals surface area contributed by atoms with Crippen LogP contribution >= 0.6 is 0 Å². The molecule has 1 aliphatic heterocycles. The molecule has 0 aromatic rings. The summed E-state index contributed by atoms with van der Waals surface area (Å²) in [5, 5.41) is 5.36. The van der Waals surface area contributed by atoms with Crippen LogP contribution in [0.5, 0.6) is 0 Å². The van der Waals surface area contributed by atoms with Crippen LogP contribution in [0.2, 0.25) is 0 Å². The molecule has 1 heterocycles. The third kappa shape index (κ3) is 4.45. The Bertz CT molecular complexity index is 199. The lowest BCUT2D eigenvalue weighted by atomic mass is 10.1. The Labute approximate surface area is 80.0 Å². The number of halogens is 3. The third-order valence-electron chi connectivity index (χ3n) is 2.02. The van der Waals surface area contributed by atoms with Gasteiger partial charge >= 0.3 is 6.18 Å². The smallest absolute Gasteiger partial charge is 0.352 e. The fourth-order valence-corrected chi connectivity index (χ4v) is 1.44. The van der Waals surface area contributed by atoms with Crippen LogP contribution in [0.15, 0.2) is 0 Å². The van der Waals surface area contributed by atoms with Crippen LogP contribution in [-0.2, 0) is 4.79 Å². The summed E-state index contributed by atoms with van der Waals surface area (Å²) < 4.78 is 35.4. The molecule has 3 nitrogen and oxygen atoms in total. The minimum absolute atomic E-state index is 0.154. The first-order chi connectivity index (χ1) is 6.47. The maximum Gasteiger partial charge on any atom is 0.397 e. The third-order valence-corrected chi connectivity index (χ3v) is 2.02. The van der Waals surface area contributed by atoms with E-state index in [1.54, 1.807) is 0 Å². The monoisotopic (exact) mass is 210 g/mol. The molecule has 0 aromatic carbocycles. The fraction of sp³-hybridized carbons (Fsp3) is 0.875. The van der Waals surface area contributed by atoms with Crippen LogP contribution in [0.25, 0.3) is 0 Å². The molecule has 82 valence electrons. The molecule has 0 aromatic heterocycles. The van der Waals surface area contributed by atoms with E-state index in [0.717, 1.165) is 19.4 Å². The van der Waals surface area contributed by atoms with E-state index in [1.165, 1.54) is 0 Å². The van der Waals surface area contributed by atoms with Crippen LogP contribution in [-0.4, -0.2) is 31.2 Å². The number of carbonyl (C=O) groups excluding carboxylic acids is 1. The van der Waals surface area contributed by atoms with Gasteiger partial charge in [0.05, 0.1) is 0 Å². The fourth-order valence-electron chi connectivity index (χ4n) is 1.44. The highest BCUT2D eigenvalue weighted by atomic mass is 19.4. The number of nitrogens with one attached hydrogen (secondary N) is 2. The average molecular weight is 210 g/mol. The lowest BCUT2D eigenvalue weighted by molar-refractivity contribution is -0.154. The highest BCUT2D eigenvalue weighted by molar-refractivity contribution is 5.76. The molecular formula is C8H13F3N2O. The van der Waals surface area contributed by atoms with Crippen LogP contribution in [0, 0.1) is 0 Å². The Kier molecular flexibility index (Phi) is 3.74. The number of rotatable bonds is 2. The molecule has 1 fully saturated rings. The first-order valence-corrected chi connectivity index (χ1v) is 4.54. The number of hydrogen-bond donors (Lipinski definition) is 2. The molecule has 2 N–H and O–H groups in total. The minimum Gasteiger partial charge on any atom is -0.352 e. The molecule has 0 radical (unpaired) electrons. The molecule has 0 spiro atoms. The summed E-state index contributed by atoms with van der Waals surface area (Å²) in [6.45, 7) is 1.43. The van der Waals surface area contributed by atoms with Crippen molar-refractivity contribution >= 4 is 5.91 Å². The Hall–Kier alpha value is -0.780. The molecule has 1 rings (SSSR count). The standard InChI is InChI=1S/C8H13F3N2O/c9-8(10,11)4-7(14)13-6-2-1-3-12-5-6/h6,12H,1-5H2,(H,13,14)/t6-/m1/s1. The molecule has 0 aliphatic carbocycles. The van der Waals surface area contributed by atoms with E-state index in [0.29, 0.717) is 6.54 Å². The molecule has 0 unspecified atom stereocenters. The quantitative estimate of drug-likeness (QED) is 0.708. The second kappa shape index (κ2) is 4.63. The molecule has 1 atom stereocenters. The van der Waals surface area contributed by atoms with Crippen molar-refractivity contribution in [3.63, 3.8) is 0 Å². The molecule has 14 heavy (non-hydrogen) atoms. The topological polar surface area (TPSA) is 41.1 Å². The van der Waals surface area contributed by atoms with Gasteiger partial charge in [0.25, 0.3) is 0 Å². The van der Waals surface area contributed by atoms with Crippen LogP contribution in [0.1, 0.15) is 19.3 Å².